The lowest BCUT2D eigenvalue weighted by atomic mass is 10.1. The minimum Gasteiger partial charge on any atom is -0.489 e. The van der Waals surface area contributed by atoms with E-state index in [1.54, 1.807) is 30.3 Å². The molecule has 36 heavy (non-hydrogen) atoms. The third-order valence-electron chi connectivity index (χ3n) is 5.77. The van der Waals surface area contributed by atoms with Gasteiger partial charge in [-0.05, 0) is 76.1 Å². The maximum Gasteiger partial charge on any atom is 0.293 e. The van der Waals surface area contributed by atoms with Gasteiger partial charge in [-0.2, -0.15) is 0 Å². The first-order chi connectivity index (χ1) is 17.5. The number of Topliss-reactive ketones (excluding diaryl/α,β-unsaturated/α-hetero) is 1. The van der Waals surface area contributed by atoms with E-state index in [4.69, 9.17) is 16.3 Å². The molecule has 0 spiro atoms. The quantitative estimate of drug-likeness (QED) is 0.197. The summed E-state index contributed by atoms with van der Waals surface area (Å²) >= 11 is 6.68. The van der Waals surface area contributed by atoms with Gasteiger partial charge in [0.25, 0.3) is 11.1 Å². The van der Waals surface area contributed by atoms with Gasteiger partial charge in [-0.1, -0.05) is 66.2 Å². The number of benzene rings is 4. The van der Waals surface area contributed by atoms with Gasteiger partial charge in [-0.25, -0.2) is 0 Å². The van der Waals surface area contributed by atoms with Crippen molar-refractivity contribution in [3.8, 4) is 5.75 Å². The van der Waals surface area contributed by atoms with Crippen LogP contribution in [0.2, 0.25) is 5.02 Å². The Morgan fingerprint density at radius 1 is 0.917 bits per heavy atom. The molecular formula is C29H20ClNO4S. The minimum atomic E-state index is -0.491. The molecule has 1 heterocycles. The Bertz CT molecular complexity index is 1510. The van der Waals surface area contributed by atoms with E-state index >= 15 is 0 Å². The molecule has 0 unspecified atom stereocenters. The zero-order valence-electron chi connectivity index (χ0n) is 19.0. The molecule has 0 atom stereocenters. The van der Waals surface area contributed by atoms with Crippen LogP contribution in [0, 0.1) is 0 Å². The highest BCUT2D eigenvalue weighted by atomic mass is 35.5. The lowest BCUT2D eigenvalue weighted by Crippen LogP contribution is -2.33. The number of nitrogens with zero attached hydrogens (tertiary/aromatic N) is 1. The zero-order valence-corrected chi connectivity index (χ0v) is 20.6. The van der Waals surface area contributed by atoms with Crippen molar-refractivity contribution in [2.24, 2.45) is 0 Å². The van der Waals surface area contributed by atoms with Crippen molar-refractivity contribution in [3.63, 3.8) is 0 Å². The molecule has 1 fully saturated rings. The first-order valence-corrected chi connectivity index (χ1v) is 12.4. The molecular weight excluding hydrogens is 494 g/mol. The fourth-order valence-corrected chi connectivity index (χ4v) is 4.90. The molecule has 0 aliphatic carbocycles. The summed E-state index contributed by atoms with van der Waals surface area (Å²) in [5, 5.41) is 2.32. The van der Waals surface area contributed by atoms with Gasteiger partial charge in [0.15, 0.2) is 5.78 Å². The lowest BCUT2D eigenvalue weighted by Gasteiger charge is -2.11. The number of carbonyl (C=O) groups excluding carboxylic acids is 3. The van der Waals surface area contributed by atoms with Crippen molar-refractivity contribution in [1.82, 2.24) is 4.90 Å². The van der Waals surface area contributed by atoms with Gasteiger partial charge in [-0.3, -0.25) is 19.3 Å². The molecule has 0 aromatic heterocycles. The number of halogens is 1. The Morgan fingerprint density at radius 3 is 2.50 bits per heavy atom. The summed E-state index contributed by atoms with van der Waals surface area (Å²) in [5.74, 6) is -0.178. The van der Waals surface area contributed by atoms with Crippen LogP contribution in [0.4, 0.5) is 4.79 Å². The number of hydrogen-bond acceptors (Lipinski definition) is 5. The number of ketones is 1. The first kappa shape index (κ1) is 23.9. The summed E-state index contributed by atoms with van der Waals surface area (Å²) < 4.78 is 6.03. The van der Waals surface area contributed by atoms with Gasteiger partial charge in [-0.15, -0.1) is 0 Å². The monoisotopic (exact) mass is 513 g/mol. The summed E-state index contributed by atoms with van der Waals surface area (Å²) in [6.45, 7) is 0.0754. The Hall–Kier alpha value is -3.87. The van der Waals surface area contributed by atoms with Crippen LogP contribution in [-0.4, -0.2) is 28.4 Å². The van der Waals surface area contributed by atoms with Gasteiger partial charge in [0, 0.05) is 10.6 Å². The molecule has 178 valence electrons. The standard InChI is InChI=1S/C29H20ClNO4S/c30-23-13-11-21(12-14-23)26(32)17-31-28(33)27(36-29(31)34)16-19-5-3-9-24(15-19)35-18-22-8-4-7-20-6-1-2-10-25(20)22/h1-16H,17-18H2/b27-16+. The van der Waals surface area contributed by atoms with Crippen LogP contribution in [0.3, 0.4) is 0 Å². The van der Waals surface area contributed by atoms with E-state index in [0.29, 0.717) is 22.9 Å². The molecule has 0 N–H and O–H groups in total. The maximum atomic E-state index is 12.9. The Kier molecular flexibility index (Phi) is 6.89. The van der Waals surface area contributed by atoms with Crippen LogP contribution in [0.15, 0.2) is 95.9 Å². The molecule has 1 aliphatic rings. The highest BCUT2D eigenvalue weighted by molar-refractivity contribution is 8.18. The summed E-state index contributed by atoms with van der Waals surface area (Å²) in [6.07, 6.45) is 1.64. The topological polar surface area (TPSA) is 63.7 Å². The van der Waals surface area contributed by atoms with Crippen LogP contribution in [0.5, 0.6) is 5.75 Å². The molecule has 2 amide bonds. The van der Waals surface area contributed by atoms with Gasteiger partial charge in [0.1, 0.15) is 12.4 Å². The van der Waals surface area contributed by atoms with E-state index < -0.39 is 11.1 Å². The second-order valence-corrected chi connectivity index (χ2v) is 9.63. The molecule has 0 saturated carbocycles. The fraction of sp³-hybridized carbons (Fsp3) is 0.0690. The van der Waals surface area contributed by atoms with Crippen LogP contribution >= 0.6 is 23.4 Å². The van der Waals surface area contributed by atoms with Crippen molar-refractivity contribution in [2.45, 2.75) is 6.61 Å². The summed E-state index contributed by atoms with van der Waals surface area (Å²) in [7, 11) is 0. The summed E-state index contributed by atoms with van der Waals surface area (Å²) in [4.78, 5) is 39.1. The number of thioether (sulfide) groups is 1. The second kappa shape index (κ2) is 10.4. The molecule has 5 rings (SSSR count). The van der Waals surface area contributed by atoms with E-state index in [1.807, 2.05) is 48.5 Å². The number of ether oxygens (including phenoxy) is 1. The number of amides is 2. The van der Waals surface area contributed by atoms with Crippen LogP contribution < -0.4 is 4.74 Å². The SMILES string of the molecule is O=C(CN1C(=O)S/C(=C/c2cccc(OCc3cccc4ccccc34)c2)C1=O)c1ccc(Cl)cc1. The third-order valence-corrected chi connectivity index (χ3v) is 6.93. The van der Waals surface area contributed by atoms with Crippen molar-refractivity contribution in [3.05, 3.63) is 118 Å². The minimum absolute atomic E-state index is 0.259. The highest BCUT2D eigenvalue weighted by Crippen LogP contribution is 2.33. The molecule has 7 heteroatoms. The van der Waals surface area contributed by atoms with Crippen molar-refractivity contribution in [1.29, 1.82) is 0 Å². The smallest absolute Gasteiger partial charge is 0.293 e. The van der Waals surface area contributed by atoms with E-state index in [-0.39, 0.29) is 17.2 Å². The average Bonchev–Trinajstić information content (AvgIpc) is 3.15. The molecule has 5 nitrogen and oxygen atoms in total. The van der Waals surface area contributed by atoms with Gasteiger partial charge < -0.3 is 4.74 Å². The predicted molar refractivity (Wildman–Crippen MR) is 143 cm³/mol. The molecule has 0 radical (unpaired) electrons. The van der Waals surface area contributed by atoms with E-state index in [2.05, 4.69) is 18.2 Å². The Morgan fingerprint density at radius 2 is 1.67 bits per heavy atom. The lowest BCUT2D eigenvalue weighted by molar-refractivity contribution is -0.122. The van der Waals surface area contributed by atoms with Crippen LogP contribution in [0.25, 0.3) is 16.8 Å². The first-order valence-electron chi connectivity index (χ1n) is 11.2. The largest absolute Gasteiger partial charge is 0.489 e. The van der Waals surface area contributed by atoms with Crippen LogP contribution in [0.1, 0.15) is 21.5 Å². The zero-order chi connectivity index (χ0) is 25.1. The summed E-state index contributed by atoms with van der Waals surface area (Å²) in [6, 6.07) is 27.9. The van der Waals surface area contributed by atoms with E-state index in [0.717, 1.165) is 38.6 Å². The molecule has 4 aromatic carbocycles. The Labute approximate surface area is 217 Å². The van der Waals surface area contributed by atoms with Crippen molar-refractivity contribution >= 4 is 57.1 Å². The fourth-order valence-electron chi connectivity index (χ4n) is 3.93. The van der Waals surface area contributed by atoms with E-state index in [1.165, 1.54) is 0 Å². The molecule has 1 aliphatic heterocycles. The highest BCUT2D eigenvalue weighted by Gasteiger charge is 2.36. The summed E-state index contributed by atoms with van der Waals surface area (Å²) in [5.41, 5.74) is 2.18. The number of hydrogen-bond donors (Lipinski definition) is 0. The number of carbonyl (C=O) groups is 3. The number of fused-ring (bicyclic) bond motifs is 1. The normalized spacial score (nSPS) is 14.6. The number of rotatable bonds is 7. The number of imide groups is 1. The third kappa shape index (κ3) is 5.20. The average molecular weight is 514 g/mol. The van der Waals surface area contributed by atoms with Gasteiger partial charge >= 0.3 is 0 Å². The van der Waals surface area contributed by atoms with Crippen molar-refractivity contribution in [2.75, 3.05) is 6.54 Å². The molecule has 4 aromatic rings. The maximum absolute atomic E-state index is 12.9. The second-order valence-electron chi connectivity index (χ2n) is 8.20. The molecule has 0 bridgehead atoms. The van der Waals surface area contributed by atoms with E-state index in [9.17, 15) is 14.4 Å². The Balaban J connectivity index is 1.28. The van der Waals surface area contributed by atoms with Crippen LogP contribution in [-0.2, 0) is 11.4 Å². The van der Waals surface area contributed by atoms with Crippen molar-refractivity contribution < 1.29 is 19.1 Å². The van der Waals surface area contributed by atoms with Gasteiger partial charge in [0.2, 0.25) is 0 Å². The van der Waals surface area contributed by atoms with Gasteiger partial charge in [0.05, 0.1) is 11.4 Å². The predicted octanol–water partition coefficient (Wildman–Crippen LogP) is 6.99. The molecule has 1 saturated heterocycles.